The lowest BCUT2D eigenvalue weighted by Crippen LogP contribution is -1.91. The standard InChI is InChI=1S/C10H23O2P/c1-3-5-6-7-8-9-10-13(11,12)4-2/h3-10H2,1-2H3,(H,11,12). The summed E-state index contributed by atoms with van der Waals surface area (Å²) in [7, 11) is -2.73. The molecule has 0 bridgehead atoms. The molecular weight excluding hydrogens is 183 g/mol. The first-order valence-electron chi connectivity index (χ1n) is 5.43. The highest BCUT2D eigenvalue weighted by Gasteiger charge is 2.13. The summed E-state index contributed by atoms with van der Waals surface area (Å²) in [6.07, 6.45) is 8.04. The van der Waals surface area contributed by atoms with Crippen LogP contribution in [0.5, 0.6) is 0 Å². The van der Waals surface area contributed by atoms with E-state index in [1.807, 2.05) is 0 Å². The van der Waals surface area contributed by atoms with Gasteiger partial charge in [0.1, 0.15) is 0 Å². The fourth-order valence-electron chi connectivity index (χ4n) is 1.30. The lowest BCUT2D eigenvalue weighted by molar-refractivity contribution is 0.475. The van der Waals surface area contributed by atoms with E-state index in [0.29, 0.717) is 12.3 Å². The van der Waals surface area contributed by atoms with E-state index in [1.54, 1.807) is 6.92 Å². The Balaban J connectivity index is 3.21. The molecule has 0 aromatic rings. The van der Waals surface area contributed by atoms with Gasteiger partial charge in [-0.15, -0.1) is 0 Å². The summed E-state index contributed by atoms with van der Waals surface area (Å²) in [5.41, 5.74) is 0. The molecule has 0 amide bonds. The zero-order valence-corrected chi connectivity index (χ0v) is 9.85. The summed E-state index contributed by atoms with van der Waals surface area (Å²) < 4.78 is 11.2. The molecule has 3 heteroatoms. The van der Waals surface area contributed by atoms with Crippen molar-refractivity contribution >= 4 is 7.37 Å². The maximum Gasteiger partial charge on any atom is 0.200 e. The quantitative estimate of drug-likeness (QED) is 0.486. The second kappa shape index (κ2) is 7.58. The summed E-state index contributed by atoms with van der Waals surface area (Å²) in [5.74, 6) is 0. The van der Waals surface area contributed by atoms with Crippen molar-refractivity contribution in [1.82, 2.24) is 0 Å². The Hall–Kier alpha value is 0.190. The molecule has 0 saturated heterocycles. The molecule has 1 N–H and O–H groups in total. The Morgan fingerprint density at radius 2 is 1.54 bits per heavy atom. The molecule has 0 fully saturated rings. The molecule has 0 rings (SSSR count). The third-order valence-corrected chi connectivity index (χ3v) is 4.36. The molecular formula is C10H23O2P. The first kappa shape index (κ1) is 13.2. The van der Waals surface area contributed by atoms with Gasteiger partial charge in [-0.25, -0.2) is 0 Å². The molecule has 80 valence electrons. The minimum absolute atomic E-state index is 0.432. The summed E-state index contributed by atoms with van der Waals surface area (Å²) >= 11 is 0. The van der Waals surface area contributed by atoms with E-state index >= 15 is 0 Å². The van der Waals surface area contributed by atoms with Gasteiger partial charge in [0, 0.05) is 12.3 Å². The van der Waals surface area contributed by atoms with Crippen molar-refractivity contribution < 1.29 is 9.46 Å². The predicted molar refractivity (Wildman–Crippen MR) is 58.6 cm³/mol. The molecule has 1 unspecified atom stereocenters. The van der Waals surface area contributed by atoms with Crippen LogP contribution in [0.2, 0.25) is 0 Å². The Morgan fingerprint density at radius 1 is 1.00 bits per heavy atom. The molecule has 0 aromatic heterocycles. The fourth-order valence-corrected chi connectivity index (χ4v) is 2.33. The van der Waals surface area contributed by atoms with Gasteiger partial charge >= 0.3 is 0 Å². The second-order valence-corrected chi connectivity index (χ2v) is 6.43. The van der Waals surface area contributed by atoms with Crippen LogP contribution in [0.1, 0.15) is 52.4 Å². The number of hydrogen-bond acceptors (Lipinski definition) is 1. The summed E-state index contributed by atoms with van der Waals surface area (Å²) in [5, 5.41) is 0. The number of hydrogen-bond donors (Lipinski definition) is 1. The maximum absolute atomic E-state index is 11.2. The van der Waals surface area contributed by atoms with Crippen molar-refractivity contribution in [2.45, 2.75) is 52.4 Å². The van der Waals surface area contributed by atoms with Crippen LogP contribution in [0.25, 0.3) is 0 Å². The Morgan fingerprint density at radius 3 is 2.08 bits per heavy atom. The summed E-state index contributed by atoms with van der Waals surface area (Å²) in [6, 6.07) is 0. The second-order valence-electron chi connectivity index (χ2n) is 3.65. The van der Waals surface area contributed by atoms with Crippen LogP contribution in [0.15, 0.2) is 0 Å². The van der Waals surface area contributed by atoms with Gasteiger partial charge in [0.2, 0.25) is 0 Å². The van der Waals surface area contributed by atoms with Gasteiger partial charge in [-0.05, 0) is 6.42 Å². The topological polar surface area (TPSA) is 37.3 Å². The van der Waals surface area contributed by atoms with E-state index in [4.69, 9.17) is 0 Å². The molecule has 0 aromatic carbocycles. The van der Waals surface area contributed by atoms with Crippen LogP contribution in [-0.2, 0) is 4.57 Å². The SMILES string of the molecule is CCCCCCCCP(=O)(O)CC. The van der Waals surface area contributed by atoms with Crippen LogP contribution < -0.4 is 0 Å². The first-order chi connectivity index (χ1) is 6.12. The third kappa shape index (κ3) is 8.52. The summed E-state index contributed by atoms with van der Waals surface area (Å²) in [4.78, 5) is 9.28. The summed E-state index contributed by atoms with van der Waals surface area (Å²) in [6.45, 7) is 3.98. The van der Waals surface area contributed by atoms with Crippen molar-refractivity contribution in [2.75, 3.05) is 12.3 Å². The molecule has 0 spiro atoms. The molecule has 0 aliphatic carbocycles. The molecule has 0 saturated carbocycles. The lowest BCUT2D eigenvalue weighted by Gasteiger charge is -2.07. The van der Waals surface area contributed by atoms with Gasteiger partial charge in [0.05, 0.1) is 0 Å². The van der Waals surface area contributed by atoms with E-state index in [0.717, 1.165) is 12.8 Å². The van der Waals surface area contributed by atoms with Gasteiger partial charge in [0.15, 0.2) is 7.37 Å². The smallest absolute Gasteiger partial charge is 0.200 e. The van der Waals surface area contributed by atoms with Crippen LogP contribution in [0, 0.1) is 0 Å². The van der Waals surface area contributed by atoms with Crippen LogP contribution in [-0.4, -0.2) is 17.2 Å². The third-order valence-electron chi connectivity index (χ3n) is 2.36. The predicted octanol–water partition coefficient (Wildman–Crippen LogP) is 3.64. The minimum atomic E-state index is -2.73. The molecule has 13 heavy (non-hydrogen) atoms. The van der Waals surface area contributed by atoms with Crippen LogP contribution in [0.4, 0.5) is 0 Å². The monoisotopic (exact) mass is 206 g/mol. The highest BCUT2D eigenvalue weighted by molar-refractivity contribution is 7.57. The van der Waals surface area contributed by atoms with Gasteiger partial charge in [-0.1, -0.05) is 46.0 Å². The molecule has 0 aliphatic heterocycles. The Kier molecular flexibility index (Phi) is 7.69. The van der Waals surface area contributed by atoms with E-state index in [9.17, 15) is 9.46 Å². The largest absolute Gasteiger partial charge is 0.344 e. The zero-order valence-electron chi connectivity index (χ0n) is 8.96. The molecule has 1 atom stereocenters. The first-order valence-corrected chi connectivity index (χ1v) is 7.46. The molecule has 2 nitrogen and oxygen atoms in total. The molecule has 0 radical (unpaired) electrons. The Labute approximate surface area is 82.2 Å². The highest BCUT2D eigenvalue weighted by Crippen LogP contribution is 2.40. The van der Waals surface area contributed by atoms with Gasteiger partial charge < -0.3 is 4.89 Å². The molecule has 0 heterocycles. The van der Waals surface area contributed by atoms with E-state index in [1.165, 1.54) is 25.7 Å². The Bertz CT molecular complexity index is 157. The highest BCUT2D eigenvalue weighted by atomic mass is 31.2. The van der Waals surface area contributed by atoms with E-state index in [-0.39, 0.29) is 0 Å². The van der Waals surface area contributed by atoms with E-state index < -0.39 is 7.37 Å². The average molecular weight is 206 g/mol. The van der Waals surface area contributed by atoms with Crippen LogP contribution >= 0.6 is 7.37 Å². The van der Waals surface area contributed by atoms with Crippen molar-refractivity contribution in [1.29, 1.82) is 0 Å². The fraction of sp³-hybridized carbons (Fsp3) is 1.00. The van der Waals surface area contributed by atoms with Crippen molar-refractivity contribution in [3.05, 3.63) is 0 Å². The van der Waals surface area contributed by atoms with Gasteiger partial charge in [-0.2, -0.15) is 0 Å². The minimum Gasteiger partial charge on any atom is -0.344 e. The zero-order chi connectivity index (χ0) is 10.2. The van der Waals surface area contributed by atoms with Gasteiger partial charge in [0.25, 0.3) is 0 Å². The normalized spacial score (nSPS) is 15.6. The lowest BCUT2D eigenvalue weighted by atomic mass is 10.1. The van der Waals surface area contributed by atoms with Crippen molar-refractivity contribution in [2.24, 2.45) is 0 Å². The maximum atomic E-state index is 11.2. The molecule has 0 aliphatic rings. The van der Waals surface area contributed by atoms with Crippen molar-refractivity contribution in [3.63, 3.8) is 0 Å². The average Bonchev–Trinajstić information content (AvgIpc) is 2.11. The van der Waals surface area contributed by atoms with Crippen molar-refractivity contribution in [3.8, 4) is 0 Å². The number of rotatable bonds is 8. The number of unbranched alkanes of at least 4 members (excludes halogenated alkanes) is 5. The van der Waals surface area contributed by atoms with Crippen LogP contribution in [0.3, 0.4) is 0 Å². The van der Waals surface area contributed by atoms with E-state index in [2.05, 4.69) is 6.92 Å². The van der Waals surface area contributed by atoms with Gasteiger partial charge in [-0.3, -0.25) is 4.57 Å².